The second-order valence-electron chi connectivity index (χ2n) is 9.10. The quantitative estimate of drug-likeness (QED) is 0.441. The number of halogens is 1. The number of methoxy groups -OCH3 is 1. The SMILES string of the molecule is CCC(C(=O)NCC(C)C)N(Cc1ccccc1C)C(=O)CN(c1ccc(OC)c(Cl)c1)S(C)(=O)=O. The van der Waals surface area contributed by atoms with Gasteiger partial charge in [0, 0.05) is 13.1 Å². The average Bonchev–Trinajstić information content (AvgIpc) is 2.81. The third kappa shape index (κ3) is 7.86. The van der Waals surface area contributed by atoms with E-state index in [0.29, 0.717) is 18.7 Å². The maximum absolute atomic E-state index is 13.7. The van der Waals surface area contributed by atoms with Crippen molar-refractivity contribution < 1.29 is 22.7 Å². The van der Waals surface area contributed by atoms with Gasteiger partial charge in [-0.15, -0.1) is 0 Å². The zero-order chi connectivity index (χ0) is 27.0. The predicted octanol–water partition coefficient (Wildman–Crippen LogP) is 4.00. The minimum atomic E-state index is -3.85. The van der Waals surface area contributed by atoms with Crippen molar-refractivity contribution in [2.24, 2.45) is 5.92 Å². The van der Waals surface area contributed by atoms with Crippen LogP contribution in [-0.4, -0.2) is 57.6 Å². The molecule has 0 saturated heterocycles. The van der Waals surface area contributed by atoms with Crippen LogP contribution in [0.3, 0.4) is 0 Å². The Hall–Kier alpha value is -2.78. The van der Waals surface area contributed by atoms with Crippen LogP contribution in [0.4, 0.5) is 5.69 Å². The molecule has 8 nitrogen and oxygen atoms in total. The molecule has 0 heterocycles. The second-order valence-corrected chi connectivity index (χ2v) is 11.4. The van der Waals surface area contributed by atoms with Gasteiger partial charge in [0.15, 0.2) is 0 Å². The molecule has 0 fully saturated rings. The van der Waals surface area contributed by atoms with Gasteiger partial charge in [-0.2, -0.15) is 0 Å². The summed E-state index contributed by atoms with van der Waals surface area (Å²) >= 11 is 6.23. The van der Waals surface area contributed by atoms with Gasteiger partial charge in [-0.1, -0.05) is 56.6 Å². The Kier molecular flexibility index (Phi) is 10.6. The fraction of sp³-hybridized carbons (Fsp3) is 0.462. The van der Waals surface area contributed by atoms with E-state index in [1.165, 1.54) is 24.1 Å². The number of aryl methyl sites for hydroxylation is 1. The number of carbonyl (C=O) groups excluding carboxylic acids is 2. The molecule has 1 N–H and O–H groups in total. The van der Waals surface area contributed by atoms with Gasteiger partial charge in [-0.05, 0) is 48.6 Å². The van der Waals surface area contributed by atoms with Gasteiger partial charge in [-0.25, -0.2) is 8.42 Å². The number of nitrogens with one attached hydrogen (secondary N) is 1. The summed E-state index contributed by atoms with van der Waals surface area (Å²) in [6.45, 7) is 7.89. The Bertz CT molecular complexity index is 1170. The standard InChI is InChI=1S/C26H36ClN3O5S/c1-7-23(26(32)28-15-18(2)3)29(16-20-11-9-8-10-19(20)4)25(31)17-30(36(6,33)34)21-12-13-24(35-5)22(27)14-21/h8-14,18,23H,7,15-17H2,1-6H3,(H,28,32). The second kappa shape index (κ2) is 13.0. The molecule has 1 unspecified atom stereocenters. The Balaban J connectivity index is 2.46. The van der Waals surface area contributed by atoms with Crippen LogP contribution < -0.4 is 14.4 Å². The number of rotatable bonds is 12. The lowest BCUT2D eigenvalue weighted by molar-refractivity contribution is -0.140. The van der Waals surface area contributed by atoms with Crippen molar-refractivity contribution in [2.45, 2.75) is 46.7 Å². The number of hydrogen-bond acceptors (Lipinski definition) is 5. The highest BCUT2D eigenvalue weighted by Crippen LogP contribution is 2.30. The van der Waals surface area contributed by atoms with E-state index >= 15 is 0 Å². The monoisotopic (exact) mass is 537 g/mol. The van der Waals surface area contributed by atoms with Crippen LogP contribution >= 0.6 is 11.6 Å². The van der Waals surface area contributed by atoms with Crippen molar-refractivity contribution in [3.8, 4) is 5.75 Å². The first-order chi connectivity index (χ1) is 16.9. The lowest BCUT2D eigenvalue weighted by Gasteiger charge is -2.33. The Morgan fingerprint density at radius 3 is 2.33 bits per heavy atom. The van der Waals surface area contributed by atoms with Crippen molar-refractivity contribution in [3.05, 3.63) is 58.6 Å². The minimum absolute atomic E-state index is 0.167. The number of ether oxygens (including phenoxy) is 1. The highest BCUT2D eigenvalue weighted by Gasteiger charge is 2.32. The van der Waals surface area contributed by atoms with Crippen molar-refractivity contribution in [2.75, 3.05) is 30.8 Å². The highest BCUT2D eigenvalue weighted by atomic mass is 35.5. The summed E-state index contributed by atoms with van der Waals surface area (Å²) in [7, 11) is -2.40. The summed E-state index contributed by atoms with van der Waals surface area (Å²) in [6, 6.07) is 11.3. The largest absolute Gasteiger partial charge is 0.495 e. The Labute approximate surface area is 219 Å². The van der Waals surface area contributed by atoms with Crippen molar-refractivity contribution >= 4 is 39.1 Å². The zero-order valence-electron chi connectivity index (χ0n) is 21.7. The zero-order valence-corrected chi connectivity index (χ0v) is 23.3. The molecule has 0 radical (unpaired) electrons. The maximum Gasteiger partial charge on any atom is 0.244 e. The van der Waals surface area contributed by atoms with Gasteiger partial charge in [0.1, 0.15) is 18.3 Å². The maximum atomic E-state index is 13.7. The number of anilines is 1. The molecule has 198 valence electrons. The molecule has 36 heavy (non-hydrogen) atoms. The molecule has 0 bridgehead atoms. The van der Waals surface area contributed by atoms with Crippen LogP contribution in [0.15, 0.2) is 42.5 Å². The number of nitrogens with zero attached hydrogens (tertiary/aromatic N) is 2. The summed E-state index contributed by atoms with van der Waals surface area (Å²) in [5.74, 6) is -0.143. The molecular weight excluding hydrogens is 502 g/mol. The van der Waals surface area contributed by atoms with Gasteiger partial charge in [0.05, 0.1) is 24.1 Å². The van der Waals surface area contributed by atoms with Gasteiger partial charge < -0.3 is 15.0 Å². The van der Waals surface area contributed by atoms with E-state index in [1.807, 2.05) is 52.0 Å². The fourth-order valence-electron chi connectivity index (χ4n) is 3.74. The van der Waals surface area contributed by atoms with Crippen LogP contribution in [0.25, 0.3) is 0 Å². The third-order valence-corrected chi connectivity index (χ3v) is 7.21. The van der Waals surface area contributed by atoms with Gasteiger partial charge in [-0.3, -0.25) is 13.9 Å². The normalized spacial score (nSPS) is 12.2. The summed E-state index contributed by atoms with van der Waals surface area (Å²) in [5.41, 5.74) is 2.07. The Morgan fingerprint density at radius 2 is 1.81 bits per heavy atom. The molecule has 2 amide bonds. The fourth-order valence-corrected chi connectivity index (χ4v) is 4.83. The lowest BCUT2D eigenvalue weighted by Crippen LogP contribution is -2.52. The van der Waals surface area contributed by atoms with E-state index in [0.717, 1.165) is 21.7 Å². The molecule has 0 aliphatic rings. The molecule has 2 rings (SSSR count). The van der Waals surface area contributed by atoms with Crippen LogP contribution in [0.5, 0.6) is 5.75 Å². The minimum Gasteiger partial charge on any atom is -0.495 e. The summed E-state index contributed by atoms with van der Waals surface area (Å²) in [6.07, 6.45) is 1.39. The molecular formula is C26H36ClN3O5S. The van der Waals surface area contributed by atoms with E-state index in [9.17, 15) is 18.0 Å². The van der Waals surface area contributed by atoms with E-state index < -0.39 is 28.5 Å². The highest BCUT2D eigenvalue weighted by molar-refractivity contribution is 7.92. The van der Waals surface area contributed by atoms with Gasteiger partial charge in [0.2, 0.25) is 21.8 Å². The molecule has 0 aliphatic carbocycles. The van der Waals surface area contributed by atoms with Crippen LogP contribution in [0.2, 0.25) is 5.02 Å². The van der Waals surface area contributed by atoms with E-state index in [1.54, 1.807) is 6.07 Å². The number of sulfonamides is 1. The summed E-state index contributed by atoms with van der Waals surface area (Å²) in [5, 5.41) is 3.12. The molecule has 2 aromatic carbocycles. The topological polar surface area (TPSA) is 96.0 Å². The number of benzene rings is 2. The molecule has 1 atom stereocenters. The first-order valence-electron chi connectivity index (χ1n) is 11.8. The average molecular weight is 538 g/mol. The first-order valence-corrected chi connectivity index (χ1v) is 14.0. The molecule has 0 saturated carbocycles. The van der Waals surface area contributed by atoms with Crippen molar-refractivity contribution in [3.63, 3.8) is 0 Å². The third-order valence-electron chi connectivity index (χ3n) is 5.77. The molecule has 0 aliphatic heterocycles. The van der Waals surface area contributed by atoms with E-state index in [-0.39, 0.29) is 29.1 Å². The summed E-state index contributed by atoms with van der Waals surface area (Å²) in [4.78, 5) is 28.3. The molecule has 10 heteroatoms. The van der Waals surface area contributed by atoms with Gasteiger partial charge in [0.25, 0.3) is 0 Å². The van der Waals surface area contributed by atoms with Crippen LogP contribution in [0, 0.1) is 12.8 Å². The smallest absolute Gasteiger partial charge is 0.244 e. The lowest BCUT2D eigenvalue weighted by atomic mass is 10.1. The first kappa shape index (κ1) is 29.5. The number of hydrogen-bond donors (Lipinski definition) is 1. The molecule has 0 spiro atoms. The number of amides is 2. The predicted molar refractivity (Wildman–Crippen MR) is 144 cm³/mol. The van der Waals surface area contributed by atoms with E-state index in [2.05, 4.69) is 5.32 Å². The molecule has 0 aromatic heterocycles. The van der Waals surface area contributed by atoms with Crippen LogP contribution in [0.1, 0.15) is 38.3 Å². The molecule has 2 aromatic rings. The Morgan fingerprint density at radius 1 is 1.14 bits per heavy atom. The summed E-state index contributed by atoms with van der Waals surface area (Å²) < 4.78 is 31.6. The van der Waals surface area contributed by atoms with Crippen LogP contribution in [-0.2, 0) is 26.2 Å². The van der Waals surface area contributed by atoms with Crippen molar-refractivity contribution in [1.82, 2.24) is 10.2 Å². The number of carbonyl (C=O) groups is 2. The van der Waals surface area contributed by atoms with Gasteiger partial charge >= 0.3 is 0 Å². The van der Waals surface area contributed by atoms with E-state index in [4.69, 9.17) is 16.3 Å². The van der Waals surface area contributed by atoms with Crippen molar-refractivity contribution in [1.29, 1.82) is 0 Å².